The van der Waals surface area contributed by atoms with E-state index in [4.69, 9.17) is 23.2 Å². The van der Waals surface area contributed by atoms with Gasteiger partial charge >= 0.3 is 0 Å². The fourth-order valence-electron chi connectivity index (χ4n) is 1.99. The summed E-state index contributed by atoms with van der Waals surface area (Å²) in [6.07, 6.45) is 2.18. The van der Waals surface area contributed by atoms with Crippen molar-refractivity contribution in [3.63, 3.8) is 0 Å². The van der Waals surface area contributed by atoms with Crippen molar-refractivity contribution in [3.8, 4) is 11.4 Å². The van der Waals surface area contributed by atoms with Gasteiger partial charge in [0, 0.05) is 11.6 Å². The van der Waals surface area contributed by atoms with E-state index < -0.39 is 0 Å². The molecule has 18 heavy (non-hydrogen) atoms. The Hall–Kier alpha value is -1.13. The summed E-state index contributed by atoms with van der Waals surface area (Å²) in [7, 11) is 0. The molecular formula is C12H10Cl2FN3. The van der Waals surface area contributed by atoms with Crippen molar-refractivity contribution in [2.45, 2.75) is 24.8 Å². The fourth-order valence-corrected chi connectivity index (χ4v) is 2.42. The van der Waals surface area contributed by atoms with Gasteiger partial charge < -0.3 is 4.57 Å². The van der Waals surface area contributed by atoms with Crippen molar-refractivity contribution in [1.82, 2.24) is 14.8 Å². The molecule has 0 bridgehead atoms. The Labute approximate surface area is 114 Å². The zero-order valence-electron chi connectivity index (χ0n) is 9.41. The van der Waals surface area contributed by atoms with Crippen LogP contribution in [-0.2, 0) is 5.88 Å². The second kappa shape index (κ2) is 4.52. The first kappa shape index (κ1) is 11.9. The minimum Gasteiger partial charge on any atom is -0.307 e. The van der Waals surface area contributed by atoms with Crippen molar-refractivity contribution >= 4 is 23.2 Å². The quantitative estimate of drug-likeness (QED) is 0.803. The van der Waals surface area contributed by atoms with Gasteiger partial charge in [-0.05, 0) is 31.0 Å². The van der Waals surface area contributed by atoms with E-state index in [0.29, 0.717) is 28.3 Å². The second-order valence-electron chi connectivity index (χ2n) is 4.30. The predicted octanol–water partition coefficient (Wildman–Crippen LogP) is 3.81. The molecule has 1 fully saturated rings. The van der Waals surface area contributed by atoms with Crippen LogP contribution in [0.1, 0.15) is 24.7 Å². The van der Waals surface area contributed by atoms with Gasteiger partial charge in [0.1, 0.15) is 11.6 Å². The number of hydrogen-bond acceptors (Lipinski definition) is 2. The van der Waals surface area contributed by atoms with Gasteiger partial charge in [0.05, 0.1) is 10.9 Å². The molecule has 0 amide bonds. The molecule has 94 valence electrons. The van der Waals surface area contributed by atoms with Gasteiger partial charge in [-0.1, -0.05) is 11.6 Å². The molecular weight excluding hydrogens is 276 g/mol. The van der Waals surface area contributed by atoms with Crippen LogP contribution in [0, 0.1) is 5.82 Å². The average molecular weight is 286 g/mol. The summed E-state index contributed by atoms with van der Waals surface area (Å²) >= 11 is 11.9. The topological polar surface area (TPSA) is 30.7 Å². The average Bonchev–Trinajstić information content (AvgIpc) is 3.09. The number of alkyl halides is 1. The smallest absolute Gasteiger partial charge is 0.165 e. The highest BCUT2D eigenvalue weighted by atomic mass is 35.5. The van der Waals surface area contributed by atoms with E-state index in [2.05, 4.69) is 10.2 Å². The van der Waals surface area contributed by atoms with E-state index in [-0.39, 0.29) is 5.82 Å². The highest BCUT2D eigenvalue weighted by molar-refractivity contribution is 6.33. The number of benzene rings is 1. The molecule has 0 aliphatic heterocycles. The maximum absolute atomic E-state index is 13.1. The first-order valence-corrected chi connectivity index (χ1v) is 6.57. The molecule has 1 saturated carbocycles. The molecule has 6 heteroatoms. The van der Waals surface area contributed by atoms with E-state index in [1.54, 1.807) is 6.07 Å². The lowest BCUT2D eigenvalue weighted by atomic mass is 10.2. The van der Waals surface area contributed by atoms with E-state index in [1.165, 1.54) is 12.1 Å². The molecule has 0 unspecified atom stereocenters. The van der Waals surface area contributed by atoms with E-state index in [0.717, 1.165) is 18.7 Å². The summed E-state index contributed by atoms with van der Waals surface area (Å²) < 4.78 is 15.1. The van der Waals surface area contributed by atoms with Crippen LogP contribution in [0.2, 0.25) is 5.02 Å². The molecule has 0 spiro atoms. The summed E-state index contributed by atoms with van der Waals surface area (Å²) in [5, 5.41) is 8.53. The third-order valence-electron chi connectivity index (χ3n) is 2.97. The molecule has 0 saturated heterocycles. The van der Waals surface area contributed by atoms with Crippen LogP contribution in [0.4, 0.5) is 4.39 Å². The number of aromatic nitrogens is 3. The van der Waals surface area contributed by atoms with E-state index in [1.807, 2.05) is 4.57 Å². The number of halogens is 3. The van der Waals surface area contributed by atoms with Gasteiger partial charge in [-0.3, -0.25) is 0 Å². The second-order valence-corrected chi connectivity index (χ2v) is 4.97. The maximum Gasteiger partial charge on any atom is 0.165 e. The van der Waals surface area contributed by atoms with Gasteiger partial charge in [0.2, 0.25) is 0 Å². The largest absolute Gasteiger partial charge is 0.307 e. The molecule has 1 aromatic carbocycles. The molecule has 3 nitrogen and oxygen atoms in total. The molecule has 0 radical (unpaired) electrons. The molecule has 1 heterocycles. The molecule has 0 N–H and O–H groups in total. The van der Waals surface area contributed by atoms with Crippen LogP contribution < -0.4 is 0 Å². The highest BCUT2D eigenvalue weighted by Gasteiger charge is 2.30. The van der Waals surface area contributed by atoms with Crippen LogP contribution in [0.25, 0.3) is 11.4 Å². The third kappa shape index (κ3) is 1.99. The zero-order valence-corrected chi connectivity index (χ0v) is 10.9. The molecule has 2 aromatic rings. The lowest BCUT2D eigenvalue weighted by molar-refractivity contribution is 0.628. The standard InChI is InChI=1S/C12H10Cl2FN3/c13-6-11-16-17-12(18(11)8-2-3-8)9-4-1-7(15)5-10(9)14/h1,4-5,8H,2-3,6H2. The Morgan fingerprint density at radius 1 is 1.33 bits per heavy atom. The summed E-state index contributed by atoms with van der Waals surface area (Å²) in [5.74, 6) is 1.34. The van der Waals surface area contributed by atoms with Crippen LogP contribution >= 0.6 is 23.2 Å². The fraction of sp³-hybridized carbons (Fsp3) is 0.333. The Morgan fingerprint density at radius 2 is 2.11 bits per heavy atom. The minimum absolute atomic E-state index is 0.308. The number of rotatable bonds is 3. The van der Waals surface area contributed by atoms with Crippen molar-refractivity contribution in [2.75, 3.05) is 0 Å². The van der Waals surface area contributed by atoms with Gasteiger partial charge in [-0.25, -0.2) is 4.39 Å². The molecule has 1 aliphatic carbocycles. The van der Waals surface area contributed by atoms with Crippen molar-refractivity contribution in [2.24, 2.45) is 0 Å². The van der Waals surface area contributed by atoms with Gasteiger partial charge in [-0.15, -0.1) is 21.8 Å². The van der Waals surface area contributed by atoms with Gasteiger partial charge in [0.25, 0.3) is 0 Å². The summed E-state index contributed by atoms with van der Waals surface area (Å²) in [6, 6.07) is 4.67. The number of hydrogen-bond donors (Lipinski definition) is 0. The van der Waals surface area contributed by atoms with E-state index in [9.17, 15) is 4.39 Å². The number of nitrogens with zero attached hydrogens (tertiary/aromatic N) is 3. The van der Waals surface area contributed by atoms with Gasteiger partial charge in [0.15, 0.2) is 5.82 Å². The van der Waals surface area contributed by atoms with Crippen LogP contribution in [0.5, 0.6) is 0 Å². The van der Waals surface area contributed by atoms with Crippen LogP contribution in [-0.4, -0.2) is 14.8 Å². The summed E-state index contributed by atoms with van der Waals surface area (Å²) in [6.45, 7) is 0. The first-order valence-electron chi connectivity index (χ1n) is 5.66. The Kier molecular flexibility index (Phi) is 2.99. The van der Waals surface area contributed by atoms with Crippen molar-refractivity contribution in [3.05, 3.63) is 34.9 Å². The highest BCUT2D eigenvalue weighted by Crippen LogP contribution is 2.40. The van der Waals surface area contributed by atoms with Crippen LogP contribution in [0.15, 0.2) is 18.2 Å². The lowest BCUT2D eigenvalue weighted by Crippen LogP contribution is -2.02. The van der Waals surface area contributed by atoms with Crippen LogP contribution in [0.3, 0.4) is 0 Å². The molecule has 1 aromatic heterocycles. The summed E-state index contributed by atoms with van der Waals surface area (Å²) in [4.78, 5) is 0. The lowest BCUT2D eigenvalue weighted by Gasteiger charge is -2.08. The Balaban J connectivity index is 2.13. The molecule has 3 rings (SSSR count). The zero-order chi connectivity index (χ0) is 12.7. The maximum atomic E-state index is 13.1. The van der Waals surface area contributed by atoms with Crippen molar-refractivity contribution < 1.29 is 4.39 Å². The minimum atomic E-state index is -0.362. The molecule has 0 atom stereocenters. The SMILES string of the molecule is Fc1ccc(-c2nnc(CCl)n2C2CC2)c(Cl)c1. The first-order chi connectivity index (χ1) is 8.70. The van der Waals surface area contributed by atoms with E-state index >= 15 is 0 Å². The van der Waals surface area contributed by atoms with Gasteiger partial charge in [-0.2, -0.15) is 0 Å². The summed E-state index contributed by atoms with van der Waals surface area (Å²) in [5.41, 5.74) is 0.689. The van der Waals surface area contributed by atoms with Crippen molar-refractivity contribution in [1.29, 1.82) is 0 Å². The Morgan fingerprint density at radius 3 is 2.72 bits per heavy atom. The molecule has 1 aliphatic rings. The Bertz CT molecular complexity index is 593. The monoisotopic (exact) mass is 285 g/mol. The normalized spacial score (nSPS) is 15.1. The predicted molar refractivity (Wildman–Crippen MR) is 68.3 cm³/mol. The third-order valence-corrected chi connectivity index (χ3v) is 3.52.